The Labute approximate surface area is 219 Å². The number of nitrogens with one attached hydrogen (secondary N) is 3. The van der Waals surface area contributed by atoms with Gasteiger partial charge in [0, 0.05) is 49.5 Å². The van der Waals surface area contributed by atoms with E-state index >= 15 is 0 Å². The van der Waals surface area contributed by atoms with Crippen molar-refractivity contribution in [3.05, 3.63) is 48.9 Å². The summed E-state index contributed by atoms with van der Waals surface area (Å²) in [5.41, 5.74) is 5.95. The fourth-order valence-corrected chi connectivity index (χ4v) is 4.81. The molecule has 5 heterocycles. The lowest BCUT2D eigenvalue weighted by Crippen LogP contribution is -2.44. The summed E-state index contributed by atoms with van der Waals surface area (Å²) in [4.78, 5) is 36.1. The zero-order valence-corrected chi connectivity index (χ0v) is 21.7. The highest BCUT2D eigenvalue weighted by Gasteiger charge is 2.21. The Morgan fingerprint density at radius 1 is 1.05 bits per heavy atom. The molecule has 1 aliphatic rings. The van der Waals surface area contributed by atoms with E-state index in [0.717, 1.165) is 70.8 Å². The number of fused-ring (bicyclic) bond motifs is 2. The molecule has 0 unspecified atom stereocenters. The van der Waals surface area contributed by atoms with Crippen LogP contribution in [-0.2, 0) is 4.79 Å². The van der Waals surface area contributed by atoms with Gasteiger partial charge in [-0.15, -0.1) is 0 Å². The van der Waals surface area contributed by atoms with Crippen molar-refractivity contribution in [2.75, 3.05) is 64.1 Å². The lowest BCUT2D eigenvalue weighted by atomic mass is 10.0. The topological polar surface area (TPSA) is 122 Å². The largest absolute Gasteiger partial charge is 0.352 e. The van der Waals surface area contributed by atoms with Crippen LogP contribution < -0.4 is 10.2 Å². The molecule has 1 fully saturated rings. The lowest BCUT2D eigenvalue weighted by Gasteiger charge is -2.33. The number of likely N-dealkylation sites (N-methyl/N-ethyl adjacent to an activating group) is 2. The average Bonchev–Trinajstić information content (AvgIpc) is 3.52. The number of aromatic amines is 2. The molecule has 1 aliphatic heterocycles. The van der Waals surface area contributed by atoms with Gasteiger partial charge in [0.2, 0.25) is 5.91 Å². The Hall–Kier alpha value is -4.35. The van der Waals surface area contributed by atoms with E-state index in [9.17, 15) is 4.79 Å². The summed E-state index contributed by atoms with van der Waals surface area (Å²) in [6, 6.07) is 9.96. The van der Waals surface area contributed by atoms with Crippen LogP contribution in [0.2, 0.25) is 0 Å². The summed E-state index contributed by atoms with van der Waals surface area (Å²) in [7, 11) is 5.86. The molecule has 4 aromatic heterocycles. The van der Waals surface area contributed by atoms with Gasteiger partial charge in [-0.3, -0.25) is 14.9 Å². The highest BCUT2D eigenvalue weighted by atomic mass is 16.2. The first-order valence-corrected chi connectivity index (χ1v) is 12.6. The van der Waals surface area contributed by atoms with Crippen LogP contribution in [0, 0.1) is 0 Å². The van der Waals surface area contributed by atoms with Gasteiger partial charge in [-0.2, -0.15) is 5.10 Å². The average molecular weight is 511 g/mol. The van der Waals surface area contributed by atoms with Gasteiger partial charge in [-0.25, -0.2) is 9.97 Å². The maximum absolute atomic E-state index is 12.2. The highest BCUT2D eigenvalue weighted by molar-refractivity contribution is 5.97. The first-order chi connectivity index (χ1) is 18.4. The van der Waals surface area contributed by atoms with E-state index in [4.69, 9.17) is 4.98 Å². The monoisotopic (exact) mass is 510 g/mol. The number of carbonyl (C=O) groups excluding carboxylic acids is 1. The van der Waals surface area contributed by atoms with Gasteiger partial charge in [0.1, 0.15) is 11.2 Å². The predicted molar refractivity (Wildman–Crippen MR) is 149 cm³/mol. The summed E-state index contributed by atoms with van der Waals surface area (Å²) in [6.07, 6.45) is 5.27. The molecule has 1 aromatic carbocycles. The number of pyridine rings is 2. The van der Waals surface area contributed by atoms with Crippen LogP contribution >= 0.6 is 0 Å². The molecule has 0 aliphatic carbocycles. The number of imidazole rings is 1. The molecule has 1 saturated heterocycles. The zero-order valence-electron chi connectivity index (χ0n) is 21.7. The van der Waals surface area contributed by atoms with Crippen LogP contribution in [0.4, 0.5) is 11.5 Å². The number of aromatic nitrogens is 6. The van der Waals surface area contributed by atoms with Crippen molar-refractivity contribution in [1.82, 2.24) is 39.9 Å². The van der Waals surface area contributed by atoms with Crippen molar-refractivity contribution in [3.63, 3.8) is 0 Å². The summed E-state index contributed by atoms with van der Waals surface area (Å²) in [5.74, 6) is 1.50. The normalized spacial score (nSPS) is 14.6. The second-order valence-electron chi connectivity index (χ2n) is 9.99. The number of benzene rings is 1. The minimum atomic E-state index is -0.0863. The molecule has 0 spiro atoms. The van der Waals surface area contributed by atoms with E-state index in [1.165, 1.54) is 0 Å². The molecular weight excluding hydrogens is 480 g/mol. The predicted octanol–water partition coefficient (Wildman–Crippen LogP) is 2.82. The number of carbonyl (C=O) groups is 1. The maximum atomic E-state index is 12.2. The number of piperazine rings is 1. The summed E-state index contributed by atoms with van der Waals surface area (Å²) < 4.78 is 0. The molecule has 0 atom stereocenters. The molecule has 11 heteroatoms. The van der Waals surface area contributed by atoms with Crippen molar-refractivity contribution in [2.24, 2.45) is 0 Å². The number of H-pyrrole nitrogens is 2. The number of rotatable bonds is 6. The summed E-state index contributed by atoms with van der Waals surface area (Å²) in [6.45, 7) is 4.14. The standard InChI is InChI=1S/C27H30N10O/c1-35(2)16-23(38)30-19-12-18(14-28-15-19)17-4-5-21-20(13-17)24(34-33-21)26-31-22-6-7-29-27(25(22)32-26)37-10-8-36(3)9-11-37/h4-7,12-15H,8-11,16H2,1-3H3,(H,30,38)(H,31,32)(H,33,34). The van der Waals surface area contributed by atoms with Crippen molar-refractivity contribution in [3.8, 4) is 22.6 Å². The van der Waals surface area contributed by atoms with Crippen LogP contribution in [0.5, 0.6) is 0 Å². The van der Waals surface area contributed by atoms with Crippen LogP contribution in [0.25, 0.3) is 44.6 Å². The molecule has 0 saturated carbocycles. The maximum Gasteiger partial charge on any atom is 0.238 e. The third-order valence-corrected chi connectivity index (χ3v) is 6.79. The molecule has 0 bridgehead atoms. The van der Waals surface area contributed by atoms with E-state index in [1.807, 2.05) is 49.5 Å². The SMILES string of the molecule is CN(C)CC(=O)Nc1cncc(-c2ccc3[nH]nc(-c4nc5c(N6CCN(C)CC6)nccc5[nH]4)c3c2)c1. The van der Waals surface area contributed by atoms with E-state index in [-0.39, 0.29) is 5.91 Å². The fourth-order valence-electron chi connectivity index (χ4n) is 4.81. The first-order valence-electron chi connectivity index (χ1n) is 12.6. The van der Waals surface area contributed by atoms with Gasteiger partial charge < -0.3 is 25.0 Å². The molecule has 0 radical (unpaired) electrons. The second kappa shape index (κ2) is 9.84. The van der Waals surface area contributed by atoms with Gasteiger partial charge >= 0.3 is 0 Å². The Kier molecular flexibility index (Phi) is 6.22. The van der Waals surface area contributed by atoms with Crippen molar-refractivity contribution in [1.29, 1.82) is 0 Å². The zero-order chi connectivity index (χ0) is 26.2. The van der Waals surface area contributed by atoms with E-state index in [0.29, 0.717) is 18.1 Å². The number of amides is 1. The lowest BCUT2D eigenvalue weighted by molar-refractivity contribution is -0.116. The van der Waals surface area contributed by atoms with Crippen molar-refractivity contribution in [2.45, 2.75) is 0 Å². The number of hydrogen-bond donors (Lipinski definition) is 3. The number of nitrogens with zero attached hydrogens (tertiary/aromatic N) is 7. The minimum absolute atomic E-state index is 0.0863. The number of anilines is 2. The molecule has 1 amide bonds. The molecular formula is C27H30N10O. The summed E-state index contributed by atoms with van der Waals surface area (Å²) in [5, 5.41) is 11.6. The van der Waals surface area contributed by atoms with Gasteiger partial charge in [-0.05, 0) is 51.0 Å². The Morgan fingerprint density at radius 3 is 2.71 bits per heavy atom. The van der Waals surface area contributed by atoms with E-state index in [1.54, 1.807) is 12.4 Å². The second-order valence-corrected chi connectivity index (χ2v) is 9.99. The quantitative estimate of drug-likeness (QED) is 0.319. The molecule has 11 nitrogen and oxygen atoms in total. The Bertz CT molecular complexity index is 1610. The number of hydrogen-bond acceptors (Lipinski definition) is 8. The molecule has 194 valence electrons. The van der Waals surface area contributed by atoms with Crippen LogP contribution in [0.3, 0.4) is 0 Å². The van der Waals surface area contributed by atoms with Gasteiger partial charge in [0.15, 0.2) is 11.6 Å². The highest BCUT2D eigenvalue weighted by Crippen LogP contribution is 2.32. The summed E-state index contributed by atoms with van der Waals surface area (Å²) >= 11 is 0. The van der Waals surface area contributed by atoms with Crippen LogP contribution in [0.15, 0.2) is 48.9 Å². The van der Waals surface area contributed by atoms with E-state index < -0.39 is 0 Å². The molecule has 5 aromatic rings. The first kappa shape index (κ1) is 24.0. The third-order valence-electron chi connectivity index (χ3n) is 6.79. The molecule has 6 rings (SSSR count). The van der Waals surface area contributed by atoms with Crippen molar-refractivity contribution < 1.29 is 4.79 Å². The molecule has 3 N–H and O–H groups in total. The van der Waals surface area contributed by atoms with Crippen LogP contribution in [0.1, 0.15) is 0 Å². The van der Waals surface area contributed by atoms with Gasteiger partial charge in [-0.1, -0.05) is 6.07 Å². The smallest absolute Gasteiger partial charge is 0.238 e. The Morgan fingerprint density at radius 2 is 1.89 bits per heavy atom. The van der Waals surface area contributed by atoms with Crippen molar-refractivity contribution >= 4 is 39.3 Å². The van der Waals surface area contributed by atoms with E-state index in [2.05, 4.69) is 53.4 Å². The third kappa shape index (κ3) is 4.69. The minimum Gasteiger partial charge on any atom is -0.352 e. The van der Waals surface area contributed by atoms with Gasteiger partial charge in [0.05, 0.1) is 29.5 Å². The fraction of sp³-hybridized carbons (Fsp3) is 0.296. The Balaban J connectivity index is 1.34. The van der Waals surface area contributed by atoms with Gasteiger partial charge in [0.25, 0.3) is 0 Å². The molecule has 38 heavy (non-hydrogen) atoms. The van der Waals surface area contributed by atoms with Crippen LogP contribution in [-0.4, -0.2) is 99.7 Å².